The van der Waals surface area contributed by atoms with Crippen LogP contribution in [0.1, 0.15) is 95.8 Å². The number of carbonyl (C=O) groups excluding carboxylic acids is 1. The van der Waals surface area contributed by atoms with Crippen molar-refractivity contribution >= 4 is 17.3 Å². The first kappa shape index (κ1) is 26.0. The van der Waals surface area contributed by atoms with E-state index in [9.17, 15) is 4.79 Å². The number of nitrogen functional groups attached to an aromatic ring is 2. The molecule has 1 aromatic carbocycles. The van der Waals surface area contributed by atoms with E-state index < -0.39 is 0 Å². The summed E-state index contributed by atoms with van der Waals surface area (Å²) in [6.45, 7) is 9.66. The summed E-state index contributed by atoms with van der Waals surface area (Å²) in [5, 5.41) is 0. The second kappa shape index (κ2) is 9.45. The highest BCUT2D eigenvalue weighted by atomic mass is 16.5. The third-order valence-electron chi connectivity index (χ3n) is 12.0. The molecule has 0 radical (unpaired) electrons. The quantitative estimate of drug-likeness (QED) is 0.230. The number of rotatable bonds is 6. The standard InChI is InChI=1S/C34H48N2O2/c1-20(2)6-5-7-21(3)29-10-11-30-28-9-8-24-16-27(38-32(37)22-14-25(35)17-26(36)15-22)12-13-34(24)19-23(31(28)34)18-33(29,30)4/h6,8-9,14-15,17,21,23-24,27-31H,5,7,10-13,16,18-19,35-36H2,1-4H3. The van der Waals surface area contributed by atoms with Crippen LogP contribution in [0.2, 0.25) is 0 Å². The van der Waals surface area contributed by atoms with Gasteiger partial charge in [-0.1, -0.05) is 37.6 Å². The summed E-state index contributed by atoms with van der Waals surface area (Å²) in [4.78, 5) is 12.9. The number of anilines is 2. The summed E-state index contributed by atoms with van der Waals surface area (Å²) < 4.78 is 6.02. The second-order valence-corrected chi connectivity index (χ2v) is 14.3. The Hall–Kier alpha value is -2.23. The molecule has 4 fully saturated rings. The van der Waals surface area contributed by atoms with Gasteiger partial charge >= 0.3 is 5.97 Å². The zero-order valence-electron chi connectivity index (χ0n) is 23.9. The number of allylic oxidation sites excluding steroid dienone is 4. The number of ether oxygens (including phenoxy) is 1. The predicted octanol–water partition coefficient (Wildman–Crippen LogP) is 7.80. The predicted molar refractivity (Wildman–Crippen MR) is 155 cm³/mol. The Morgan fingerprint density at radius 2 is 1.87 bits per heavy atom. The van der Waals surface area contributed by atoms with Crippen LogP contribution in [0.15, 0.2) is 42.0 Å². The maximum atomic E-state index is 12.9. The number of fused-ring (bicyclic) bond motifs is 2. The minimum Gasteiger partial charge on any atom is -0.459 e. The van der Waals surface area contributed by atoms with Crippen molar-refractivity contribution in [3.05, 3.63) is 47.6 Å². The Morgan fingerprint density at radius 1 is 1.11 bits per heavy atom. The minimum atomic E-state index is -0.293. The van der Waals surface area contributed by atoms with Gasteiger partial charge in [0, 0.05) is 11.4 Å². The number of hydrogen-bond donors (Lipinski definition) is 2. The molecule has 4 saturated carbocycles. The Balaban J connectivity index is 1.14. The van der Waals surface area contributed by atoms with Gasteiger partial charge in [-0.25, -0.2) is 4.79 Å². The van der Waals surface area contributed by atoms with Gasteiger partial charge in [0.05, 0.1) is 5.56 Å². The molecule has 0 bridgehead atoms. The van der Waals surface area contributed by atoms with Crippen LogP contribution in [-0.2, 0) is 4.74 Å². The van der Waals surface area contributed by atoms with Crippen molar-refractivity contribution in [3.63, 3.8) is 0 Å². The van der Waals surface area contributed by atoms with Crippen molar-refractivity contribution in [3.8, 4) is 0 Å². The highest BCUT2D eigenvalue weighted by Crippen LogP contribution is 2.75. The SMILES string of the molecule is CC(C)=CCCC(C)C1CCC2C3C=CC4CC(OC(=O)c5cc(N)cc(N)c5)CCC45CC(CC12C)C35. The van der Waals surface area contributed by atoms with Crippen LogP contribution in [0.25, 0.3) is 0 Å². The Morgan fingerprint density at radius 3 is 2.61 bits per heavy atom. The monoisotopic (exact) mass is 516 g/mol. The molecule has 0 aliphatic heterocycles. The van der Waals surface area contributed by atoms with Gasteiger partial charge in [-0.3, -0.25) is 0 Å². The number of carbonyl (C=O) groups is 1. The van der Waals surface area contributed by atoms with Gasteiger partial charge < -0.3 is 16.2 Å². The first-order valence-electron chi connectivity index (χ1n) is 15.3. The number of benzene rings is 1. The number of hydrogen-bond acceptors (Lipinski definition) is 4. The Kier molecular flexibility index (Phi) is 6.47. The summed E-state index contributed by atoms with van der Waals surface area (Å²) in [7, 11) is 0. The second-order valence-electron chi connectivity index (χ2n) is 14.3. The molecule has 38 heavy (non-hydrogen) atoms. The molecule has 4 N–H and O–H groups in total. The molecule has 1 spiro atoms. The molecule has 0 saturated heterocycles. The van der Waals surface area contributed by atoms with Crippen LogP contribution in [0.5, 0.6) is 0 Å². The van der Waals surface area contributed by atoms with E-state index >= 15 is 0 Å². The average molecular weight is 517 g/mol. The fraction of sp³-hybridized carbons (Fsp3) is 0.676. The molecule has 4 heteroatoms. The van der Waals surface area contributed by atoms with Crippen LogP contribution < -0.4 is 11.5 Å². The molecule has 10 unspecified atom stereocenters. The van der Waals surface area contributed by atoms with E-state index in [1.807, 2.05) is 0 Å². The summed E-state index contributed by atoms with van der Waals surface area (Å²) in [5.41, 5.74) is 15.7. The van der Waals surface area contributed by atoms with Crippen LogP contribution in [0.3, 0.4) is 0 Å². The molecular weight excluding hydrogens is 468 g/mol. The highest BCUT2D eigenvalue weighted by Gasteiger charge is 2.69. The average Bonchev–Trinajstić information content (AvgIpc) is 3.19. The van der Waals surface area contributed by atoms with Gasteiger partial charge in [0.25, 0.3) is 0 Å². The van der Waals surface area contributed by atoms with Gasteiger partial charge in [0.15, 0.2) is 0 Å². The lowest BCUT2D eigenvalue weighted by Crippen LogP contribution is -2.64. The van der Waals surface area contributed by atoms with Gasteiger partial charge in [0.1, 0.15) is 6.10 Å². The Labute approximate surface area is 229 Å². The maximum Gasteiger partial charge on any atom is 0.338 e. The van der Waals surface area contributed by atoms with Crippen molar-refractivity contribution in [2.75, 3.05) is 11.5 Å². The fourth-order valence-corrected chi connectivity index (χ4v) is 10.6. The molecule has 0 amide bonds. The maximum absolute atomic E-state index is 12.9. The number of esters is 1. The van der Waals surface area contributed by atoms with Gasteiger partial charge in [0.2, 0.25) is 0 Å². The van der Waals surface area contributed by atoms with Crippen molar-refractivity contribution < 1.29 is 9.53 Å². The third-order valence-corrected chi connectivity index (χ3v) is 12.0. The first-order valence-corrected chi connectivity index (χ1v) is 15.3. The topological polar surface area (TPSA) is 78.3 Å². The molecule has 6 rings (SSSR count). The van der Waals surface area contributed by atoms with E-state index in [1.54, 1.807) is 18.2 Å². The lowest BCUT2D eigenvalue weighted by atomic mass is 9.34. The molecule has 1 aromatic rings. The fourth-order valence-electron chi connectivity index (χ4n) is 10.6. The van der Waals surface area contributed by atoms with Crippen LogP contribution in [0.4, 0.5) is 11.4 Å². The molecule has 5 aliphatic rings. The molecule has 10 atom stereocenters. The van der Waals surface area contributed by atoms with E-state index in [2.05, 4.69) is 45.9 Å². The Bertz CT molecular complexity index is 1130. The molecule has 0 aromatic heterocycles. The smallest absolute Gasteiger partial charge is 0.338 e. The van der Waals surface area contributed by atoms with Gasteiger partial charge in [-0.2, -0.15) is 0 Å². The van der Waals surface area contributed by atoms with Crippen molar-refractivity contribution in [1.29, 1.82) is 0 Å². The van der Waals surface area contributed by atoms with Crippen LogP contribution in [-0.4, -0.2) is 12.1 Å². The lowest BCUT2D eigenvalue weighted by molar-refractivity contribution is -0.203. The van der Waals surface area contributed by atoms with E-state index in [0.717, 1.165) is 48.3 Å². The summed E-state index contributed by atoms with van der Waals surface area (Å²) >= 11 is 0. The molecule has 5 aliphatic carbocycles. The van der Waals surface area contributed by atoms with E-state index in [0.29, 0.717) is 33.7 Å². The van der Waals surface area contributed by atoms with Crippen molar-refractivity contribution in [2.45, 2.75) is 91.6 Å². The number of nitrogens with two attached hydrogens (primary N) is 2. The summed E-state index contributed by atoms with van der Waals surface area (Å²) in [6, 6.07) is 5.01. The molecule has 4 nitrogen and oxygen atoms in total. The largest absolute Gasteiger partial charge is 0.459 e. The molecule has 206 valence electrons. The molecule has 0 heterocycles. The van der Waals surface area contributed by atoms with E-state index in [1.165, 1.54) is 50.5 Å². The van der Waals surface area contributed by atoms with E-state index in [4.69, 9.17) is 16.2 Å². The van der Waals surface area contributed by atoms with Crippen LogP contribution in [0, 0.1) is 52.3 Å². The van der Waals surface area contributed by atoms with Gasteiger partial charge in [-0.05, 0) is 142 Å². The minimum absolute atomic E-state index is 0.0209. The zero-order chi connectivity index (χ0) is 26.8. The third kappa shape index (κ3) is 4.12. The summed E-state index contributed by atoms with van der Waals surface area (Å²) in [6.07, 6.45) is 19.0. The van der Waals surface area contributed by atoms with Gasteiger partial charge in [-0.15, -0.1) is 0 Å². The van der Waals surface area contributed by atoms with Crippen molar-refractivity contribution in [2.24, 2.45) is 52.3 Å². The van der Waals surface area contributed by atoms with E-state index in [-0.39, 0.29) is 12.1 Å². The summed E-state index contributed by atoms with van der Waals surface area (Å²) in [5.74, 6) is 5.27. The zero-order valence-corrected chi connectivity index (χ0v) is 23.9. The van der Waals surface area contributed by atoms with Crippen LogP contribution >= 0.6 is 0 Å². The first-order chi connectivity index (χ1) is 18.1. The highest BCUT2D eigenvalue weighted by molar-refractivity contribution is 5.91. The van der Waals surface area contributed by atoms with Crippen molar-refractivity contribution in [1.82, 2.24) is 0 Å². The molecular formula is C34H48N2O2. The lowest BCUT2D eigenvalue weighted by Gasteiger charge is -2.70. The normalized spacial score (nSPS) is 41.2.